The number of esters is 1. The third kappa shape index (κ3) is 3.38. The van der Waals surface area contributed by atoms with Gasteiger partial charge >= 0.3 is 5.97 Å². The van der Waals surface area contributed by atoms with Crippen molar-refractivity contribution in [3.63, 3.8) is 0 Å². The normalized spacial score (nSPS) is 12.0. The summed E-state index contributed by atoms with van der Waals surface area (Å²) in [5.41, 5.74) is 1.06. The van der Waals surface area contributed by atoms with E-state index in [1.54, 1.807) is 37.3 Å². The first-order valence-corrected chi connectivity index (χ1v) is 7.72. The molecule has 5 nitrogen and oxygen atoms in total. The fourth-order valence-corrected chi connectivity index (χ4v) is 2.44. The van der Waals surface area contributed by atoms with Gasteiger partial charge in [-0.1, -0.05) is 30.3 Å². The molecule has 1 aromatic heterocycles. The number of fused-ring (bicyclic) bond motifs is 1. The van der Waals surface area contributed by atoms with Crippen LogP contribution in [0.2, 0.25) is 0 Å². The number of carbonyl (C=O) groups excluding carboxylic acids is 2. The quantitative estimate of drug-likeness (QED) is 0.727. The van der Waals surface area contributed by atoms with E-state index in [0.717, 1.165) is 0 Å². The number of benzene rings is 2. The minimum atomic E-state index is -1.04. The lowest BCUT2D eigenvalue weighted by Gasteiger charge is -2.12. The summed E-state index contributed by atoms with van der Waals surface area (Å²) in [6.45, 7) is 3.09. The summed E-state index contributed by atoms with van der Waals surface area (Å²) < 4.78 is 24.2. The van der Waals surface area contributed by atoms with Crippen LogP contribution in [-0.4, -0.2) is 18.0 Å². The highest BCUT2D eigenvalue weighted by Crippen LogP contribution is 2.28. The summed E-state index contributed by atoms with van der Waals surface area (Å²) in [6.07, 6.45) is -1.04. The molecule has 0 fully saturated rings. The Bertz CT molecular complexity index is 933. The molecule has 1 atom stereocenters. The molecule has 0 bridgehead atoms. The summed E-state index contributed by atoms with van der Waals surface area (Å²) in [5.74, 6) is -1.96. The molecular formula is C19H16FNO4. The van der Waals surface area contributed by atoms with Crippen molar-refractivity contribution < 1.29 is 23.1 Å². The standard InChI is InChI=1S/C19H16FNO4/c1-11-14-9-6-10-15(20)17(14)25-16(11)19(23)24-12(2)18(22)21-13-7-4-3-5-8-13/h3-10,12H,1-2H3,(H,21,22). The number of furan rings is 1. The zero-order valence-corrected chi connectivity index (χ0v) is 13.7. The Balaban J connectivity index is 1.74. The molecule has 0 radical (unpaired) electrons. The van der Waals surface area contributed by atoms with Gasteiger partial charge in [-0.05, 0) is 32.0 Å². The molecular weight excluding hydrogens is 325 g/mol. The molecule has 0 aliphatic heterocycles. The molecule has 1 heterocycles. The lowest BCUT2D eigenvalue weighted by Crippen LogP contribution is -2.30. The van der Waals surface area contributed by atoms with Crippen LogP contribution < -0.4 is 5.32 Å². The lowest BCUT2D eigenvalue weighted by atomic mass is 10.1. The van der Waals surface area contributed by atoms with Crippen molar-refractivity contribution in [3.8, 4) is 0 Å². The van der Waals surface area contributed by atoms with Crippen molar-refractivity contribution in [1.29, 1.82) is 0 Å². The van der Waals surface area contributed by atoms with Crippen molar-refractivity contribution in [2.24, 2.45) is 0 Å². The van der Waals surface area contributed by atoms with Crippen LogP contribution in [-0.2, 0) is 9.53 Å². The fraction of sp³-hybridized carbons (Fsp3) is 0.158. The Hall–Kier alpha value is -3.15. The average molecular weight is 341 g/mol. The number of ether oxygens (including phenoxy) is 1. The van der Waals surface area contributed by atoms with Gasteiger partial charge in [0.15, 0.2) is 17.5 Å². The molecule has 0 saturated heterocycles. The molecule has 1 N–H and O–H groups in total. The van der Waals surface area contributed by atoms with Gasteiger partial charge in [0.05, 0.1) is 0 Å². The number of hydrogen-bond acceptors (Lipinski definition) is 4. The van der Waals surface area contributed by atoms with E-state index in [0.29, 0.717) is 16.6 Å². The lowest BCUT2D eigenvalue weighted by molar-refractivity contribution is -0.123. The van der Waals surface area contributed by atoms with Crippen molar-refractivity contribution >= 4 is 28.5 Å². The number of halogens is 1. The van der Waals surface area contributed by atoms with E-state index in [-0.39, 0.29) is 11.3 Å². The third-order valence-electron chi connectivity index (χ3n) is 3.80. The number of para-hydroxylation sites is 2. The minimum absolute atomic E-state index is 0.00617. The van der Waals surface area contributed by atoms with Gasteiger partial charge < -0.3 is 14.5 Å². The second kappa shape index (κ2) is 6.76. The number of anilines is 1. The van der Waals surface area contributed by atoms with Gasteiger partial charge in [-0.2, -0.15) is 0 Å². The van der Waals surface area contributed by atoms with Gasteiger partial charge in [0.1, 0.15) is 0 Å². The van der Waals surface area contributed by atoms with Crippen LogP contribution in [0.25, 0.3) is 11.0 Å². The van der Waals surface area contributed by atoms with Gasteiger partial charge in [-0.15, -0.1) is 0 Å². The number of rotatable bonds is 4. The number of aryl methyl sites for hydroxylation is 1. The first-order valence-electron chi connectivity index (χ1n) is 7.72. The van der Waals surface area contributed by atoms with Crippen LogP contribution >= 0.6 is 0 Å². The van der Waals surface area contributed by atoms with Gasteiger partial charge in [0.25, 0.3) is 5.91 Å². The minimum Gasteiger partial charge on any atom is -0.447 e. The van der Waals surface area contributed by atoms with Crippen molar-refractivity contribution in [2.45, 2.75) is 20.0 Å². The molecule has 3 aromatic rings. The average Bonchev–Trinajstić information content (AvgIpc) is 2.94. The summed E-state index contributed by atoms with van der Waals surface area (Å²) >= 11 is 0. The zero-order chi connectivity index (χ0) is 18.0. The summed E-state index contributed by atoms with van der Waals surface area (Å²) in [4.78, 5) is 24.4. The molecule has 128 valence electrons. The first-order chi connectivity index (χ1) is 12.0. The van der Waals surface area contributed by atoms with Crippen LogP contribution in [0.1, 0.15) is 23.0 Å². The van der Waals surface area contributed by atoms with E-state index >= 15 is 0 Å². The van der Waals surface area contributed by atoms with Crippen LogP contribution in [0, 0.1) is 12.7 Å². The largest absolute Gasteiger partial charge is 0.447 e. The topological polar surface area (TPSA) is 68.5 Å². The van der Waals surface area contributed by atoms with Crippen molar-refractivity contribution in [1.82, 2.24) is 0 Å². The number of amides is 1. The maximum Gasteiger partial charge on any atom is 0.375 e. The van der Waals surface area contributed by atoms with E-state index in [1.807, 2.05) is 6.07 Å². The molecule has 1 unspecified atom stereocenters. The molecule has 25 heavy (non-hydrogen) atoms. The van der Waals surface area contributed by atoms with Gasteiger partial charge in [-0.3, -0.25) is 4.79 Å². The van der Waals surface area contributed by atoms with Gasteiger partial charge in [0, 0.05) is 16.6 Å². The van der Waals surface area contributed by atoms with Crippen LogP contribution in [0.3, 0.4) is 0 Å². The third-order valence-corrected chi connectivity index (χ3v) is 3.80. The van der Waals surface area contributed by atoms with E-state index in [4.69, 9.17) is 9.15 Å². The fourth-order valence-electron chi connectivity index (χ4n) is 2.44. The van der Waals surface area contributed by atoms with Gasteiger partial charge in [0.2, 0.25) is 5.76 Å². The molecule has 0 saturated carbocycles. The van der Waals surface area contributed by atoms with E-state index in [9.17, 15) is 14.0 Å². The molecule has 6 heteroatoms. The summed E-state index contributed by atoms with van der Waals surface area (Å²) in [6, 6.07) is 13.2. The van der Waals surface area contributed by atoms with Crippen LogP contribution in [0.15, 0.2) is 52.9 Å². The second-order valence-corrected chi connectivity index (χ2v) is 5.58. The number of carbonyl (C=O) groups is 2. The molecule has 1 amide bonds. The Kier molecular flexibility index (Phi) is 4.52. The second-order valence-electron chi connectivity index (χ2n) is 5.58. The predicted molar refractivity (Wildman–Crippen MR) is 90.9 cm³/mol. The maximum atomic E-state index is 13.8. The van der Waals surface area contributed by atoms with E-state index < -0.39 is 23.8 Å². The molecule has 0 aliphatic rings. The highest BCUT2D eigenvalue weighted by molar-refractivity contribution is 5.99. The Morgan fingerprint density at radius 3 is 2.52 bits per heavy atom. The summed E-state index contributed by atoms with van der Waals surface area (Å²) in [7, 11) is 0. The molecule has 0 aliphatic carbocycles. The first kappa shape index (κ1) is 16.7. The number of hydrogen-bond donors (Lipinski definition) is 1. The maximum absolute atomic E-state index is 13.8. The smallest absolute Gasteiger partial charge is 0.375 e. The Labute approximate surface area is 143 Å². The van der Waals surface area contributed by atoms with Crippen LogP contribution in [0.5, 0.6) is 0 Å². The Morgan fingerprint density at radius 2 is 1.84 bits per heavy atom. The molecule has 0 spiro atoms. The SMILES string of the molecule is Cc1c(C(=O)OC(C)C(=O)Nc2ccccc2)oc2c(F)cccc12. The summed E-state index contributed by atoms with van der Waals surface area (Å²) in [5, 5.41) is 3.14. The Morgan fingerprint density at radius 1 is 1.12 bits per heavy atom. The van der Waals surface area contributed by atoms with Crippen molar-refractivity contribution in [2.75, 3.05) is 5.32 Å². The molecule has 3 rings (SSSR count). The van der Waals surface area contributed by atoms with E-state index in [2.05, 4.69) is 5.32 Å². The zero-order valence-electron chi connectivity index (χ0n) is 13.7. The molecule has 2 aromatic carbocycles. The van der Waals surface area contributed by atoms with Crippen LogP contribution in [0.4, 0.5) is 10.1 Å². The predicted octanol–water partition coefficient (Wildman–Crippen LogP) is 4.06. The highest BCUT2D eigenvalue weighted by atomic mass is 19.1. The van der Waals surface area contributed by atoms with Crippen molar-refractivity contribution in [3.05, 3.63) is 65.7 Å². The number of nitrogens with one attached hydrogen (secondary N) is 1. The van der Waals surface area contributed by atoms with E-state index in [1.165, 1.54) is 19.1 Å². The highest BCUT2D eigenvalue weighted by Gasteiger charge is 2.25. The van der Waals surface area contributed by atoms with Gasteiger partial charge in [-0.25, -0.2) is 9.18 Å². The monoisotopic (exact) mass is 341 g/mol.